The lowest BCUT2D eigenvalue weighted by molar-refractivity contribution is 0.0913. The molecule has 3 aromatic rings. The number of benzene rings is 2. The van der Waals surface area contributed by atoms with Gasteiger partial charge in [-0.05, 0) is 36.4 Å². The first kappa shape index (κ1) is 19.8. The highest BCUT2D eigenvalue weighted by Crippen LogP contribution is 2.32. The first-order valence-corrected chi connectivity index (χ1v) is 10.5. The number of carbonyl (C=O) groups excluding carboxylic acids is 1. The first-order valence-electron chi connectivity index (χ1n) is 9.00. The number of para-hydroxylation sites is 1. The molecule has 30 heavy (non-hydrogen) atoms. The Morgan fingerprint density at radius 1 is 0.967 bits per heavy atom. The summed E-state index contributed by atoms with van der Waals surface area (Å²) < 4.78 is 46.6. The number of furan rings is 1. The second-order valence-corrected chi connectivity index (χ2v) is 7.92. The van der Waals surface area contributed by atoms with Crippen molar-refractivity contribution in [3.8, 4) is 17.2 Å². The maximum absolute atomic E-state index is 12.4. The van der Waals surface area contributed by atoms with E-state index < -0.39 is 15.9 Å². The number of hydrazine groups is 1. The maximum atomic E-state index is 12.4. The van der Waals surface area contributed by atoms with Gasteiger partial charge in [0.1, 0.15) is 31.3 Å². The summed E-state index contributed by atoms with van der Waals surface area (Å²) in [5.74, 6) is 1.05. The Labute approximate surface area is 172 Å². The molecule has 0 aliphatic carbocycles. The molecule has 0 spiro atoms. The van der Waals surface area contributed by atoms with Gasteiger partial charge in [0.2, 0.25) is 0 Å². The molecule has 0 saturated heterocycles. The number of sulfonamides is 1. The third-order valence-corrected chi connectivity index (χ3v) is 5.38. The van der Waals surface area contributed by atoms with Gasteiger partial charge in [-0.2, -0.15) is 0 Å². The third kappa shape index (κ3) is 4.56. The van der Waals surface area contributed by atoms with Crippen molar-refractivity contribution in [1.82, 2.24) is 10.3 Å². The predicted octanol–water partition coefficient (Wildman–Crippen LogP) is 2.25. The van der Waals surface area contributed by atoms with E-state index in [1.807, 2.05) is 23.0 Å². The standard InChI is InChI=1S/C20H18N2O7S/c23-20(18-8-6-15(29-18)13-28-14-4-2-1-3-5-14)21-22-30(24,25)16-7-9-17-19(12-16)27-11-10-26-17/h1-9,12,22H,10-11,13H2,(H,21,23). The van der Waals surface area contributed by atoms with Crippen LogP contribution in [0.3, 0.4) is 0 Å². The van der Waals surface area contributed by atoms with E-state index >= 15 is 0 Å². The summed E-state index contributed by atoms with van der Waals surface area (Å²) in [6.07, 6.45) is 0. The minimum Gasteiger partial charge on any atom is -0.486 e. The Bertz CT molecular complexity index is 1140. The number of carbonyl (C=O) groups is 1. The minimum atomic E-state index is -4.02. The van der Waals surface area contributed by atoms with Crippen molar-refractivity contribution in [3.63, 3.8) is 0 Å². The van der Waals surface area contributed by atoms with Gasteiger partial charge in [0.15, 0.2) is 17.3 Å². The summed E-state index contributed by atoms with van der Waals surface area (Å²) in [6, 6.07) is 16.3. The van der Waals surface area contributed by atoms with Gasteiger partial charge in [0, 0.05) is 6.07 Å². The largest absolute Gasteiger partial charge is 0.486 e. The number of rotatable bonds is 7. The van der Waals surface area contributed by atoms with Crippen LogP contribution in [-0.4, -0.2) is 27.5 Å². The Hall–Kier alpha value is -3.50. The lowest BCUT2D eigenvalue weighted by atomic mass is 10.3. The van der Waals surface area contributed by atoms with Crippen molar-refractivity contribution in [3.05, 3.63) is 72.2 Å². The molecule has 1 aliphatic heterocycles. The number of nitrogens with one attached hydrogen (secondary N) is 2. The molecule has 1 aromatic heterocycles. The number of fused-ring (bicyclic) bond motifs is 1. The number of hydrogen-bond donors (Lipinski definition) is 2. The molecule has 0 radical (unpaired) electrons. The zero-order chi connectivity index (χ0) is 21.0. The number of hydrogen-bond acceptors (Lipinski definition) is 7. The van der Waals surface area contributed by atoms with E-state index in [0.29, 0.717) is 36.2 Å². The van der Waals surface area contributed by atoms with Crippen LogP contribution in [-0.2, 0) is 16.6 Å². The molecule has 4 rings (SSSR count). The fraction of sp³-hybridized carbons (Fsp3) is 0.150. The van der Waals surface area contributed by atoms with Crippen molar-refractivity contribution < 1.29 is 31.8 Å². The average Bonchev–Trinajstić information content (AvgIpc) is 3.26. The van der Waals surface area contributed by atoms with Crippen LogP contribution in [0.4, 0.5) is 0 Å². The summed E-state index contributed by atoms with van der Waals surface area (Å²) in [5.41, 5.74) is 2.12. The van der Waals surface area contributed by atoms with E-state index in [9.17, 15) is 13.2 Å². The molecule has 2 aromatic carbocycles. The minimum absolute atomic E-state index is 0.0634. The molecule has 1 aliphatic rings. The SMILES string of the molecule is O=C(NNS(=O)(=O)c1ccc2c(c1)OCCO2)c1ccc(COc2ccccc2)o1. The van der Waals surface area contributed by atoms with E-state index in [2.05, 4.69) is 5.43 Å². The molecule has 9 nitrogen and oxygen atoms in total. The smallest absolute Gasteiger partial charge is 0.301 e. The summed E-state index contributed by atoms with van der Waals surface area (Å²) >= 11 is 0. The number of amides is 1. The highest BCUT2D eigenvalue weighted by molar-refractivity contribution is 7.89. The predicted molar refractivity (Wildman–Crippen MR) is 105 cm³/mol. The van der Waals surface area contributed by atoms with E-state index in [1.165, 1.54) is 24.3 Å². The molecule has 2 heterocycles. The molecule has 0 saturated carbocycles. The summed E-state index contributed by atoms with van der Waals surface area (Å²) in [6.45, 7) is 0.852. The van der Waals surface area contributed by atoms with Gasteiger partial charge < -0.3 is 18.6 Å². The molecule has 0 unspecified atom stereocenters. The van der Waals surface area contributed by atoms with Crippen LogP contribution in [0.25, 0.3) is 0 Å². The van der Waals surface area contributed by atoms with Gasteiger partial charge in [-0.3, -0.25) is 10.2 Å². The van der Waals surface area contributed by atoms with Gasteiger partial charge in [0.05, 0.1) is 4.90 Å². The molecular weight excluding hydrogens is 412 g/mol. The van der Waals surface area contributed by atoms with Gasteiger partial charge in [-0.15, -0.1) is 4.83 Å². The zero-order valence-electron chi connectivity index (χ0n) is 15.7. The van der Waals surface area contributed by atoms with E-state index in [0.717, 1.165) is 0 Å². The second-order valence-electron chi connectivity index (χ2n) is 6.23. The highest BCUT2D eigenvalue weighted by atomic mass is 32.2. The summed E-state index contributed by atoms with van der Waals surface area (Å²) in [4.78, 5) is 14.2. The Kier molecular flexibility index (Phi) is 5.59. The molecular formula is C20H18N2O7S. The van der Waals surface area contributed by atoms with Crippen molar-refractivity contribution >= 4 is 15.9 Å². The number of ether oxygens (including phenoxy) is 3. The monoisotopic (exact) mass is 430 g/mol. The lowest BCUT2D eigenvalue weighted by Gasteiger charge is -2.18. The molecule has 0 atom stereocenters. The molecule has 156 valence electrons. The Morgan fingerprint density at radius 2 is 1.73 bits per heavy atom. The topological polar surface area (TPSA) is 116 Å². The summed E-state index contributed by atoms with van der Waals surface area (Å²) in [7, 11) is -4.02. The summed E-state index contributed by atoms with van der Waals surface area (Å²) in [5, 5.41) is 0. The molecule has 10 heteroatoms. The van der Waals surface area contributed by atoms with E-state index in [-0.39, 0.29) is 17.3 Å². The van der Waals surface area contributed by atoms with E-state index in [4.69, 9.17) is 18.6 Å². The normalized spacial score (nSPS) is 12.9. The van der Waals surface area contributed by atoms with Crippen LogP contribution in [0.1, 0.15) is 16.3 Å². The van der Waals surface area contributed by atoms with Crippen molar-refractivity contribution in [2.45, 2.75) is 11.5 Å². The van der Waals surface area contributed by atoms with Gasteiger partial charge >= 0.3 is 5.91 Å². The van der Waals surface area contributed by atoms with Gasteiger partial charge in [-0.25, -0.2) is 8.42 Å². The Morgan fingerprint density at radius 3 is 2.53 bits per heavy atom. The molecule has 1 amide bonds. The quantitative estimate of drug-likeness (QED) is 0.552. The lowest BCUT2D eigenvalue weighted by Crippen LogP contribution is -2.41. The van der Waals surface area contributed by atoms with Crippen molar-refractivity contribution in [2.75, 3.05) is 13.2 Å². The average molecular weight is 430 g/mol. The molecule has 0 bridgehead atoms. The maximum Gasteiger partial charge on any atom is 0.301 e. The van der Waals surface area contributed by atoms with Crippen molar-refractivity contribution in [2.24, 2.45) is 0 Å². The zero-order valence-corrected chi connectivity index (χ0v) is 16.5. The van der Waals surface area contributed by atoms with Crippen LogP contribution in [0, 0.1) is 0 Å². The van der Waals surface area contributed by atoms with E-state index in [1.54, 1.807) is 18.2 Å². The van der Waals surface area contributed by atoms with Crippen LogP contribution >= 0.6 is 0 Å². The first-order chi connectivity index (χ1) is 14.5. The Balaban J connectivity index is 1.35. The van der Waals surface area contributed by atoms with Crippen LogP contribution in [0.5, 0.6) is 17.2 Å². The highest BCUT2D eigenvalue weighted by Gasteiger charge is 2.21. The van der Waals surface area contributed by atoms with Crippen LogP contribution in [0.2, 0.25) is 0 Å². The molecule has 2 N–H and O–H groups in total. The fourth-order valence-electron chi connectivity index (χ4n) is 2.67. The van der Waals surface area contributed by atoms with Crippen LogP contribution in [0.15, 0.2) is 70.0 Å². The fourth-order valence-corrected chi connectivity index (χ4v) is 3.53. The van der Waals surface area contributed by atoms with Gasteiger partial charge in [-0.1, -0.05) is 18.2 Å². The molecule has 0 fully saturated rings. The van der Waals surface area contributed by atoms with Gasteiger partial charge in [0.25, 0.3) is 10.0 Å². The third-order valence-electron chi connectivity index (χ3n) is 4.13. The second kappa shape index (κ2) is 8.47. The van der Waals surface area contributed by atoms with Crippen molar-refractivity contribution in [1.29, 1.82) is 0 Å². The van der Waals surface area contributed by atoms with Crippen LogP contribution < -0.4 is 24.5 Å².